The Labute approximate surface area is 119 Å². The molecule has 0 saturated heterocycles. The predicted octanol–water partition coefficient (Wildman–Crippen LogP) is 1.13. The van der Waals surface area contributed by atoms with Gasteiger partial charge in [-0.15, -0.1) is 0 Å². The molecule has 0 spiro atoms. The number of carboxylic acid groups (broad SMARTS) is 1. The molecule has 7 nitrogen and oxygen atoms in total. The lowest BCUT2D eigenvalue weighted by atomic mass is 9.85. The van der Waals surface area contributed by atoms with Crippen molar-refractivity contribution in [2.24, 2.45) is 5.41 Å². The molecule has 0 aromatic rings. The summed E-state index contributed by atoms with van der Waals surface area (Å²) in [5.41, 5.74) is -0.378. The summed E-state index contributed by atoms with van der Waals surface area (Å²) in [4.78, 5) is 33.5. The van der Waals surface area contributed by atoms with Crippen molar-refractivity contribution >= 4 is 18.0 Å². The third-order valence-corrected chi connectivity index (χ3v) is 2.65. The Kier molecular flexibility index (Phi) is 7.64. The van der Waals surface area contributed by atoms with E-state index in [4.69, 9.17) is 9.84 Å². The minimum absolute atomic E-state index is 0.0837. The van der Waals surface area contributed by atoms with E-state index in [0.717, 1.165) is 0 Å². The van der Waals surface area contributed by atoms with Crippen molar-refractivity contribution in [3.63, 3.8) is 0 Å². The topological polar surface area (TPSA) is 105 Å². The summed E-state index contributed by atoms with van der Waals surface area (Å²) in [7, 11) is 0. The van der Waals surface area contributed by atoms with Crippen molar-refractivity contribution in [1.29, 1.82) is 0 Å². The van der Waals surface area contributed by atoms with E-state index in [0.29, 0.717) is 6.61 Å². The van der Waals surface area contributed by atoms with Crippen molar-refractivity contribution in [2.75, 3.05) is 13.2 Å². The molecular weight excluding hydrogens is 264 g/mol. The number of ether oxygens (including phenoxy) is 1. The molecule has 3 N–H and O–H groups in total. The largest absolute Gasteiger partial charge is 0.481 e. The summed E-state index contributed by atoms with van der Waals surface area (Å²) in [6.45, 7) is 7.70. The summed E-state index contributed by atoms with van der Waals surface area (Å²) >= 11 is 0. The fourth-order valence-corrected chi connectivity index (χ4v) is 1.47. The number of nitrogens with one attached hydrogen (secondary N) is 2. The molecule has 0 saturated carbocycles. The van der Waals surface area contributed by atoms with Crippen LogP contribution in [0.5, 0.6) is 0 Å². The van der Waals surface area contributed by atoms with E-state index in [9.17, 15) is 14.4 Å². The number of hydrogen-bond donors (Lipinski definition) is 3. The molecule has 0 heterocycles. The summed E-state index contributed by atoms with van der Waals surface area (Å²) in [6.07, 6.45) is -0.0742. The number of aliphatic carboxylic acids is 1. The third-order valence-electron chi connectivity index (χ3n) is 2.65. The van der Waals surface area contributed by atoms with Gasteiger partial charge >= 0.3 is 18.0 Å². The van der Waals surface area contributed by atoms with Gasteiger partial charge in [0.15, 0.2) is 0 Å². The highest BCUT2D eigenvalue weighted by molar-refractivity contribution is 5.77. The molecule has 2 amide bonds. The molecule has 116 valence electrons. The number of rotatable bonds is 7. The van der Waals surface area contributed by atoms with E-state index < -0.39 is 18.0 Å². The maximum atomic E-state index is 11.7. The first kappa shape index (κ1) is 18.2. The Morgan fingerprint density at radius 3 is 2.30 bits per heavy atom. The van der Waals surface area contributed by atoms with Crippen LogP contribution in [0, 0.1) is 5.41 Å². The van der Waals surface area contributed by atoms with Gasteiger partial charge in [0.25, 0.3) is 0 Å². The van der Waals surface area contributed by atoms with E-state index in [1.807, 2.05) is 20.8 Å². The number of carboxylic acids is 1. The van der Waals surface area contributed by atoms with Gasteiger partial charge in [-0.25, -0.2) is 4.79 Å². The van der Waals surface area contributed by atoms with Gasteiger partial charge in [0, 0.05) is 12.6 Å². The number of urea groups is 1. The lowest BCUT2D eigenvalue weighted by molar-refractivity contribution is -0.143. The van der Waals surface area contributed by atoms with Gasteiger partial charge in [-0.1, -0.05) is 20.8 Å². The fourth-order valence-electron chi connectivity index (χ4n) is 1.47. The van der Waals surface area contributed by atoms with Crippen molar-refractivity contribution in [3.8, 4) is 0 Å². The van der Waals surface area contributed by atoms with Crippen LogP contribution < -0.4 is 10.6 Å². The molecule has 0 fully saturated rings. The Balaban J connectivity index is 4.20. The minimum atomic E-state index is -0.975. The van der Waals surface area contributed by atoms with Gasteiger partial charge in [-0.2, -0.15) is 0 Å². The maximum absolute atomic E-state index is 11.7. The van der Waals surface area contributed by atoms with E-state index in [2.05, 4.69) is 10.6 Å². The smallest absolute Gasteiger partial charge is 0.315 e. The average molecular weight is 288 g/mol. The quantitative estimate of drug-likeness (QED) is 0.609. The van der Waals surface area contributed by atoms with Crippen LogP contribution in [0.1, 0.15) is 40.5 Å². The van der Waals surface area contributed by atoms with E-state index in [1.165, 1.54) is 0 Å². The molecular formula is C13H24N2O5. The monoisotopic (exact) mass is 288 g/mol. The van der Waals surface area contributed by atoms with Gasteiger partial charge in [0.05, 0.1) is 19.4 Å². The first-order valence-electron chi connectivity index (χ1n) is 6.58. The van der Waals surface area contributed by atoms with Crippen LogP contribution in [0.4, 0.5) is 4.79 Å². The van der Waals surface area contributed by atoms with Crippen LogP contribution >= 0.6 is 0 Å². The maximum Gasteiger partial charge on any atom is 0.315 e. The number of esters is 1. The molecule has 1 atom stereocenters. The predicted molar refractivity (Wildman–Crippen MR) is 73.3 cm³/mol. The molecule has 0 radical (unpaired) electrons. The van der Waals surface area contributed by atoms with E-state index in [1.54, 1.807) is 6.92 Å². The highest BCUT2D eigenvalue weighted by Gasteiger charge is 2.28. The molecule has 0 aliphatic rings. The first-order chi connectivity index (χ1) is 9.16. The van der Waals surface area contributed by atoms with Crippen LogP contribution in [0.3, 0.4) is 0 Å². The lowest BCUT2D eigenvalue weighted by Crippen LogP contribution is -2.49. The number of amides is 2. The number of carbonyl (C=O) groups is 3. The molecule has 0 aromatic heterocycles. The second kappa shape index (κ2) is 8.39. The van der Waals surface area contributed by atoms with Crippen molar-refractivity contribution in [3.05, 3.63) is 0 Å². The van der Waals surface area contributed by atoms with Crippen LogP contribution in [-0.2, 0) is 14.3 Å². The minimum Gasteiger partial charge on any atom is -0.481 e. The second-order valence-corrected chi connectivity index (χ2v) is 5.47. The van der Waals surface area contributed by atoms with Crippen LogP contribution in [-0.4, -0.2) is 42.3 Å². The van der Waals surface area contributed by atoms with E-state index >= 15 is 0 Å². The highest BCUT2D eigenvalue weighted by atomic mass is 16.5. The normalized spacial score (nSPS) is 12.4. The number of hydrogen-bond acceptors (Lipinski definition) is 4. The van der Waals surface area contributed by atoms with Gasteiger partial charge < -0.3 is 20.5 Å². The zero-order valence-electron chi connectivity index (χ0n) is 12.5. The standard InChI is InChI=1S/C13H24N2O5/c1-5-20-11(18)6-7-14-12(19)15-9(8-10(16)17)13(2,3)4/h9H,5-8H2,1-4H3,(H,16,17)(H2,14,15,19). The zero-order chi connectivity index (χ0) is 15.8. The van der Waals surface area contributed by atoms with Crippen molar-refractivity contribution in [1.82, 2.24) is 10.6 Å². The lowest BCUT2D eigenvalue weighted by Gasteiger charge is -2.30. The van der Waals surface area contributed by atoms with Gasteiger partial charge in [-0.05, 0) is 12.3 Å². The highest BCUT2D eigenvalue weighted by Crippen LogP contribution is 2.21. The molecule has 0 aromatic carbocycles. The number of carbonyl (C=O) groups excluding carboxylic acids is 2. The van der Waals surface area contributed by atoms with Crippen molar-refractivity contribution in [2.45, 2.75) is 46.6 Å². The van der Waals surface area contributed by atoms with Crippen molar-refractivity contribution < 1.29 is 24.2 Å². The Bertz CT molecular complexity index is 349. The molecule has 0 aliphatic carbocycles. The summed E-state index contributed by atoms with van der Waals surface area (Å²) in [5, 5.41) is 14.0. The Morgan fingerprint density at radius 1 is 1.25 bits per heavy atom. The fraction of sp³-hybridized carbons (Fsp3) is 0.769. The molecule has 0 bridgehead atoms. The average Bonchev–Trinajstić information content (AvgIpc) is 2.26. The molecule has 7 heteroatoms. The Morgan fingerprint density at radius 2 is 1.85 bits per heavy atom. The van der Waals surface area contributed by atoms with Gasteiger partial charge in [-0.3, -0.25) is 9.59 Å². The summed E-state index contributed by atoms with van der Waals surface area (Å²) in [5.74, 6) is -1.36. The summed E-state index contributed by atoms with van der Waals surface area (Å²) in [6, 6.07) is -0.988. The van der Waals surface area contributed by atoms with Gasteiger partial charge in [0.2, 0.25) is 0 Å². The van der Waals surface area contributed by atoms with Gasteiger partial charge in [0.1, 0.15) is 0 Å². The molecule has 20 heavy (non-hydrogen) atoms. The van der Waals surface area contributed by atoms with Crippen LogP contribution in [0.15, 0.2) is 0 Å². The Hall–Kier alpha value is -1.79. The molecule has 1 unspecified atom stereocenters. The van der Waals surface area contributed by atoms with Crippen LogP contribution in [0.2, 0.25) is 0 Å². The molecule has 0 rings (SSSR count). The summed E-state index contributed by atoms with van der Waals surface area (Å²) < 4.78 is 4.72. The van der Waals surface area contributed by atoms with E-state index in [-0.39, 0.29) is 30.8 Å². The van der Waals surface area contributed by atoms with Crippen LogP contribution in [0.25, 0.3) is 0 Å². The second-order valence-electron chi connectivity index (χ2n) is 5.47. The first-order valence-corrected chi connectivity index (χ1v) is 6.58. The SMILES string of the molecule is CCOC(=O)CCNC(=O)NC(CC(=O)O)C(C)(C)C. The zero-order valence-corrected chi connectivity index (χ0v) is 12.5. The molecule has 0 aliphatic heterocycles. The third kappa shape index (κ3) is 8.34.